The van der Waals surface area contributed by atoms with Crippen LogP contribution in [0.2, 0.25) is 0 Å². The minimum Gasteiger partial charge on any atom is -0.311 e. The number of aromatic nitrogens is 2. The number of nitrogens with one attached hydrogen (secondary N) is 1. The molecule has 21 heavy (non-hydrogen) atoms. The summed E-state index contributed by atoms with van der Waals surface area (Å²) < 4.78 is 1.85. The average Bonchev–Trinajstić information content (AvgIpc) is 2.90. The van der Waals surface area contributed by atoms with Gasteiger partial charge < -0.3 is 5.32 Å². The van der Waals surface area contributed by atoms with Crippen LogP contribution in [0.1, 0.15) is 42.4 Å². The number of anilines is 1. The van der Waals surface area contributed by atoms with E-state index in [-0.39, 0.29) is 11.8 Å². The van der Waals surface area contributed by atoms with E-state index >= 15 is 0 Å². The molecule has 5 nitrogen and oxygen atoms in total. The maximum Gasteiger partial charge on any atom is 0.226 e. The summed E-state index contributed by atoms with van der Waals surface area (Å²) in [7, 11) is 0. The van der Waals surface area contributed by atoms with E-state index in [0.717, 1.165) is 29.9 Å². The first kappa shape index (κ1) is 13.4. The van der Waals surface area contributed by atoms with E-state index in [0.29, 0.717) is 12.0 Å². The highest BCUT2D eigenvalue weighted by Crippen LogP contribution is 2.37. The topological polar surface area (TPSA) is 70.7 Å². The zero-order valence-electron chi connectivity index (χ0n) is 11.8. The number of hydrogen-bond acceptors (Lipinski definition) is 3. The standard InChI is InChI=1S/C16H16N4O/c1-2-7-20-16-14(10-18-20)13(8-15(21)19-16)12-5-3-11(9-17)4-6-12/h3-6,10,13H,2,7-8H2,1H3,(H,19,21). The predicted octanol–water partition coefficient (Wildman–Crippen LogP) is 2.64. The molecule has 0 saturated heterocycles. The Morgan fingerprint density at radius 1 is 1.43 bits per heavy atom. The first-order chi connectivity index (χ1) is 10.2. The Bertz CT molecular complexity index is 709. The van der Waals surface area contributed by atoms with Crippen LogP contribution in [0.4, 0.5) is 5.82 Å². The van der Waals surface area contributed by atoms with Gasteiger partial charge in [-0.15, -0.1) is 0 Å². The highest BCUT2D eigenvalue weighted by molar-refractivity contribution is 5.94. The number of carbonyl (C=O) groups is 1. The monoisotopic (exact) mass is 280 g/mol. The lowest BCUT2D eigenvalue weighted by Gasteiger charge is -2.23. The summed E-state index contributed by atoms with van der Waals surface area (Å²) in [5.41, 5.74) is 2.72. The summed E-state index contributed by atoms with van der Waals surface area (Å²) >= 11 is 0. The SMILES string of the molecule is CCCn1ncc2c1NC(=O)CC2c1ccc(C#N)cc1. The van der Waals surface area contributed by atoms with Gasteiger partial charge in [-0.2, -0.15) is 10.4 Å². The molecular weight excluding hydrogens is 264 g/mol. The summed E-state index contributed by atoms with van der Waals surface area (Å²) in [4.78, 5) is 12.0. The number of fused-ring (bicyclic) bond motifs is 1. The van der Waals surface area contributed by atoms with Gasteiger partial charge in [-0.3, -0.25) is 4.79 Å². The molecule has 106 valence electrons. The maximum absolute atomic E-state index is 12.0. The number of rotatable bonds is 3. The molecule has 1 aromatic carbocycles. The smallest absolute Gasteiger partial charge is 0.226 e. The van der Waals surface area contributed by atoms with E-state index in [2.05, 4.69) is 23.4 Å². The van der Waals surface area contributed by atoms with Crippen molar-refractivity contribution in [3.63, 3.8) is 0 Å². The van der Waals surface area contributed by atoms with Gasteiger partial charge in [-0.1, -0.05) is 19.1 Å². The molecule has 1 aromatic heterocycles. The zero-order chi connectivity index (χ0) is 14.8. The molecule has 1 unspecified atom stereocenters. The molecule has 2 aromatic rings. The number of carbonyl (C=O) groups excluding carboxylic acids is 1. The van der Waals surface area contributed by atoms with Gasteiger partial charge in [-0.25, -0.2) is 4.68 Å². The second kappa shape index (κ2) is 5.41. The van der Waals surface area contributed by atoms with Crippen LogP contribution < -0.4 is 5.32 Å². The van der Waals surface area contributed by atoms with E-state index in [1.54, 1.807) is 12.1 Å². The number of nitriles is 1. The number of nitrogens with zero attached hydrogens (tertiary/aromatic N) is 3. The van der Waals surface area contributed by atoms with Crippen molar-refractivity contribution in [1.82, 2.24) is 9.78 Å². The molecular formula is C16H16N4O. The van der Waals surface area contributed by atoms with Gasteiger partial charge in [0, 0.05) is 24.4 Å². The van der Waals surface area contributed by atoms with Gasteiger partial charge in [0.15, 0.2) is 0 Å². The molecule has 1 atom stereocenters. The summed E-state index contributed by atoms with van der Waals surface area (Å²) in [6.45, 7) is 2.87. The molecule has 1 amide bonds. The minimum atomic E-state index is 0.00657. The van der Waals surface area contributed by atoms with Crippen molar-refractivity contribution < 1.29 is 4.79 Å². The molecule has 0 radical (unpaired) electrons. The number of hydrogen-bond donors (Lipinski definition) is 1. The molecule has 1 aliphatic heterocycles. The third-order valence-electron chi connectivity index (χ3n) is 3.77. The molecule has 3 rings (SSSR count). The van der Waals surface area contributed by atoms with E-state index in [9.17, 15) is 4.79 Å². The summed E-state index contributed by atoms with van der Waals surface area (Å²) in [5, 5.41) is 16.2. The fraction of sp³-hybridized carbons (Fsp3) is 0.312. The molecule has 0 bridgehead atoms. The lowest BCUT2D eigenvalue weighted by Crippen LogP contribution is -2.24. The van der Waals surface area contributed by atoms with Crippen molar-refractivity contribution in [3.8, 4) is 6.07 Å². The van der Waals surface area contributed by atoms with Gasteiger partial charge in [0.25, 0.3) is 0 Å². The van der Waals surface area contributed by atoms with Crippen molar-refractivity contribution in [2.24, 2.45) is 0 Å². The Morgan fingerprint density at radius 2 is 2.19 bits per heavy atom. The van der Waals surface area contributed by atoms with E-state index in [1.807, 2.05) is 23.0 Å². The average molecular weight is 280 g/mol. The van der Waals surface area contributed by atoms with Crippen LogP contribution in [0, 0.1) is 11.3 Å². The normalized spacial score (nSPS) is 17.0. The Balaban J connectivity index is 2.00. The molecule has 2 heterocycles. The van der Waals surface area contributed by atoms with Gasteiger partial charge in [-0.05, 0) is 24.1 Å². The van der Waals surface area contributed by atoms with Crippen LogP contribution in [-0.2, 0) is 11.3 Å². The van der Waals surface area contributed by atoms with Gasteiger partial charge in [0.1, 0.15) is 5.82 Å². The Labute approximate surface area is 123 Å². The third kappa shape index (κ3) is 2.40. The number of amides is 1. The first-order valence-electron chi connectivity index (χ1n) is 7.08. The highest BCUT2D eigenvalue weighted by Gasteiger charge is 2.29. The fourth-order valence-electron chi connectivity index (χ4n) is 2.74. The second-order valence-electron chi connectivity index (χ2n) is 5.21. The van der Waals surface area contributed by atoms with Crippen LogP contribution in [0.5, 0.6) is 0 Å². The lowest BCUT2D eigenvalue weighted by atomic mass is 9.87. The molecule has 0 saturated carbocycles. The molecule has 1 N–H and O–H groups in total. The Kier molecular flexibility index (Phi) is 3.44. The van der Waals surface area contributed by atoms with Crippen molar-refractivity contribution >= 4 is 11.7 Å². The molecule has 1 aliphatic rings. The zero-order valence-corrected chi connectivity index (χ0v) is 11.8. The molecule has 5 heteroatoms. The lowest BCUT2D eigenvalue weighted by molar-refractivity contribution is -0.116. The minimum absolute atomic E-state index is 0.00657. The molecule has 0 fully saturated rings. The third-order valence-corrected chi connectivity index (χ3v) is 3.77. The van der Waals surface area contributed by atoms with Crippen LogP contribution in [0.3, 0.4) is 0 Å². The summed E-state index contributed by atoms with van der Waals surface area (Å²) in [6, 6.07) is 9.53. The predicted molar refractivity (Wildman–Crippen MR) is 78.8 cm³/mol. The van der Waals surface area contributed by atoms with Gasteiger partial charge in [0.2, 0.25) is 5.91 Å². The molecule has 0 spiro atoms. The molecule has 0 aliphatic carbocycles. The van der Waals surface area contributed by atoms with Gasteiger partial charge in [0.05, 0.1) is 17.8 Å². The highest BCUT2D eigenvalue weighted by atomic mass is 16.1. The van der Waals surface area contributed by atoms with Crippen molar-refractivity contribution in [1.29, 1.82) is 5.26 Å². The van der Waals surface area contributed by atoms with Gasteiger partial charge >= 0.3 is 0 Å². The maximum atomic E-state index is 12.0. The summed E-state index contributed by atoms with van der Waals surface area (Å²) in [6.07, 6.45) is 3.22. The van der Waals surface area contributed by atoms with Crippen molar-refractivity contribution in [2.75, 3.05) is 5.32 Å². The van der Waals surface area contributed by atoms with Crippen molar-refractivity contribution in [2.45, 2.75) is 32.2 Å². The number of benzene rings is 1. The van der Waals surface area contributed by atoms with E-state index in [4.69, 9.17) is 5.26 Å². The quantitative estimate of drug-likeness (QED) is 0.939. The Morgan fingerprint density at radius 3 is 2.86 bits per heavy atom. The van der Waals surface area contributed by atoms with E-state index in [1.165, 1.54) is 0 Å². The van der Waals surface area contributed by atoms with Crippen molar-refractivity contribution in [3.05, 3.63) is 47.2 Å². The van der Waals surface area contributed by atoms with Crippen LogP contribution >= 0.6 is 0 Å². The largest absolute Gasteiger partial charge is 0.311 e. The fourth-order valence-corrected chi connectivity index (χ4v) is 2.74. The van der Waals surface area contributed by atoms with Crippen LogP contribution in [0.15, 0.2) is 30.5 Å². The number of aryl methyl sites for hydroxylation is 1. The Hall–Kier alpha value is -2.61. The first-order valence-corrected chi connectivity index (χ1v) is 7.08. The second-order valence-corrected chi connectivity index (χ2v) is 5.21. The summed E-state index contributed by atoms with van der Waals surface area (Å²) in [5.74, 6) is 0.823. The van der Waals surface area contributed by atoms with E-state index < -0.39 is 0 Å². The van der Waals surface area contributed by atoms with Crippen LogP contribution in [-0.4, -0.2) is 15.7 Å². The van der Waals surface area contributed by atoms with Crippen LogP contribution in [0.25, 0.3) is 0 Å².